The predicted molar refractivity (Wildman–Crippen MR) is 93.7 cm³/mol. The molecule has 4 nitrogen and oxygen atoms in total. The number of rotatable bonds is 7. The summed E-state index contributed by atoms with van der Waals surface area (Å²) < 4.78 is 5.72. The van der Waals surface area contributed by atoms with Crippen molar-refractivity contribution in [1.29, 1.82) is 0 Å². The number of hydrogen-bond acceptors (Lipinski definition) is 3. The van der Waals surface area contributed by atoms with E-state index in [-0.39, 0.29) is 18.6 Å². The molecule has 0 fully saturated rings. The van der Waals surface area contributed by atoms with Crippen LogP contribution >= 0.6 is 0 Å². The molecule has 0 radical (unpaired) electrons. The van der Waals surface area contributed by atoms with Crippen molar-refractivity contribution >= 4 is 11.6 Å². The van der Waals surface area contributed by atoms with Crippen LogP contribution in [-0.4, -0.2) is 18.6 Å². The van der Waals surface area contributed by atoms with Crippen molar-refractivity contribution in [1.82, 2.24) is 5.32 Å². The molecule has 0 aromatic heterocycles. The standard InChI is InChI=1S/C19H24N2O2/c1-14(2)23-18-7-5-4-6-17(18)20-13-19(22)21-12-16-10-8-15(3)9-11-16/h4-11,14,20H,12-13H2,1-3H3,(H,21,22). The quantitative estimate of drug-likeness (QED) is 0.822. The first kappa shape index (κ1) is 16.9. The summed E-state index contributed by atoms with van der Waals surface area (Å²) in [6, 6.07) is 15.8. The van der Waals surface area contributed by atoms with Crippen LogP contribution in [0.1, 0.15) is 25.0 Å². The van der Waals surface area contributed by atoms with Gasteiger partial charge in [0.15, 0.2) is 0 Å². The zero-order valence-corrected chi connectivity index (χ0v) is 13.9. The highest BCUT2D eigenvalue weighted by Gasteiger charge is 2.07. The zero-order valence-electron chi connectivity index (χ0n) is 13.9. The molecule has 0 spiro atoms. The summed E-state index contributed by atoms with van der Waals surface area (Å²) in [6.45, 7) is 6.74. The summed E-state index contributed by atoms with van der Waals surface area (Å²) in [5.74, 6) is 0.707. The van der Waals surface area contributed by atoms with Crippen molar-refractivity contribution in [3.63, 3.8) is 0 Å². The van der Waals surface area contributed by atoms with Crippen molar-refractivity contribution < 1.29 is 9.53 Å². The van der Waals surface area contributed by atoms with E-state index in [2.05, 4.69) is 10.6 Å². The number of ether oxygens (including phenoxy) is 1. The number of amides is 1. The summed E-state index contributed by atoms with van der Waals surface area (Å²) in [7, 11) is 0. The molecule has 0 saturated heterocycles. The average Bonchev–Trinajstić information content (AvgIpc) is 2.53. The van der Waals surface area contributed by atoms with Gasteiger partial charge < -0.3 is 15.4 Å². The van der Waals surface area contributed by atoms with Crippen LogP contribution in [0.3, 0.4) is 0 Å². The van der Waals surface area contributed by atoms with Gasteiger partial charge in [-0.15, -0.1) is 0 Å². The second kappa shape index (κ2) is 8.22. The Labute approximate surface area is 137 Å². The first-order valence-corrected chi connectivity index (χ1v) is 7.86. The number of carbonyl (C=O) groups excluding carboxylic acids is 1. The first-order valence-electron chi connectivity index (χ1n) is 7.86. The van der Waals surface area contributed by atoms with Gasteiger partial charge in [-0.05, 0) is 38.5 Å². The van der Waals surface area contributed by atoms with Gasteiger partial charge >= 0.3 is 0 Å². The molecule has 1 amide bonds. The number of anilines is 1. The van der Waals surface area contributed by atoms with E-state index in [9.17, 15) is 4.79 Å². The molecule has 0 saturated carbocycles. The second-order valence-electron chi connectivity index (χ2n) is 5.78. The van der Waals surface area contributed by atoms with Crippen LogP contribution < -0.4 is 15.4 Å². The third-order valence-electron chi connectivity index (χ3n) is 3.30. The maximum absolute atomic E-state index is 12.0. The summed E-state index contributed by atoms with van der Waals surface area (Å²) in [5.41, 5.74) is 3.13. The number of nitrogens with one attached hydrogen (secondary N) is 2. The van der Waals surface area contributed by atoms with E-state index in [0.29, 0.717) is 6.54 Å². The van der Waals surface area contributed by atoms with E-state index < -0.39 is 0 Å². The minimum atomic E-state index is -0.0510. The Bertz CT molecular complexity index is 636. The monoisotopic (exact) mass is 312 g/mol. The molecule has 0 aliphatic heterocycles. The fourth-order valence-corrected chi connectivity index (χ4v) is 2.11. The summed E-state index contributed by atoms with van der Waals surface area (Å²) in [6.07, 6.45) is 0.0910. The lowest BCUT2D eigenvalue weighted by Crippen LogP contribution is -2.29. The number of aryl methyl sites for hydroxylation is 1. The van der Waals surface area contributed by atoms with Crippen LogP contribution in [0, 0.1) is 6.92 Å². The van der Waals surface area contributed by atoms with Crippen LogP contribution in [-0.2, 0) is 11.3 Å². The van der Waals surface area contributed by atoms with Gasteiger partial charge in [0.25, 0.3) is 0 Å². The molecule has 0 unspecified atom stereocenters. The molecule has 0 aliphatic carbocycles. The van der Waals surface area contributed by atoms with Gasteiger partial charge in [0.2, 0.25) is 5.91 Å². The number of benzene rings is 2. The Morgan fingerprint density at radius 2 is 1.78 bits per heavy atom. The SMILES string of the molecule is Cc1ccc(CNC(=O)CNc2ccccc2OC(C)C)cc1. The predicted octanol–water partition coefficient (Wildman–Crippen LogP) is 3.51. The van der Waals surface area contributed by atoms with E-state index in [0.717, 1.165) is 17.0 Å². The largest absolute Gasteiger partial charge is 0.489 e. The van der Waals surface area contributed by atoms with Crippen molar-refractivity contribution in [3.8, 4) is 5.75 Å². The lowest BCUT2D eigenvalue weighted by atomic mass is 10.1. The number of hydrogen-bond donors (Lipinski definition) is 2. The van der Waals surface area contributed by atoms with Crippen LogP contribution in [0.25, 0.3) is 0 Å². The van der Waals surface area contributed by atoms with Gasteiger partial charge in [0.1, 0.15) is 5.75 Å². The van der Waals surface area contributed by atoms with Crippen LogP contribution in [0.15, 0.2) is 48.5 Å². The van der Waals surface area contributed by atoms with Crippen molar-refractivity contribution in [3.05, 3.63) is 59.7 Å². The minimum absolute atomic E-state index is 0.0510. The van der Waals surface area contributed by atoms with E-state index in [1.54, 1.807) is 0 Å². The van der Waals surface area contributed by atoms with Crippen molar-refractivity contribution in [2.24, 2.45) is 0 Å². The van der Waals surface area contributed by atoms with Gasteiger partial charge in [0.05, 0.1) is 18.3 Å². The molecular weight excluding hydrogens is 288 g/mol. The summed E-state index contributed by atoms with van der Waals surface area (Å²) >= 11 is 0. The van der Waals surface area contributed by atoms with E-state index in [4.69, 9.17) is 4.74 Å². The van der Waals surface area contributed by atoms with Crippen molar-refractivity contribution in [2.75, 3.05) is 11.9 Å². The number of carbonyl (C=O) groups is 1. The van der Waals surface area contributed by atoms with Gasteiger partial charge in [0, 0.05) is 6.54 Å². The molecule has 0 bridgehead atoms. The van der Waals surface area contributed by atoms with Crippen LogP contribution in [0.5, 0.6) is 5.75 Å². The Kier molecular flexibility index (Phi) is 6.03. The molecule has 0 aliphatic rings. The third-order valence-corrected chi connectivity index (χ3v) is 3.30. The molecule has 2 aromatic rings. The molecule has 2 aromatic carbocycles. The Hall–Kier alpha value is -2.49. The normalized spacial score (nSPS) is 10.4. The average molecular weight is 312 g/mol. The molecule has 0 atom stereocenters. The minimum Gasteiger partial charge on any atom is -0.489 e. The topological polar surface area (TPSA) is 50.4 Å². The summed E-state index contributed by atoms with van der Waals surface area (Å²) in [4.78, 5) is 12.0. The smallest absolute Gasteiger partial charge is 0.239 e. The van der Waals surface area contributed by atoms with Gasteiger partial charge in [-0.2, -0.15) is 0 Å². The third kappa shape index (κ3) is 5.66. The van der Waals surface area contributed by atoms with Gasteiger partial charge in [-0.1, -0.05) is 42.0 Å². The lowest BCUT2D eigenvalue weighted by Gasteiger charge is -2.15. The molecule has 23 heavy (non-hydrogen) atoms. The van der Waals surface area contributed by atoms with Gasteiger partial charge in [-0.3, -0.25) is 4.79 Å². The molecule has 4 heteroatoms. The fourth-order valence-electron chi connectivity index (χ4n) is 2.11. The number of para-hydroxylation sites is 2. The maximum atomic E-state index is 12.0. The molecule has 2 rings (SSSR count). The Morgan fingerprint density at radius 1 is 1.09 bits per heavy atom. The lowest BCUT2D eigenvalue weighted by molar-refractivity contribution is -0.119. The van der Waals surface area contributed by atoms with E-state index >= 15 is 0 Å². The fraction of sp³-hybridized carbons (Fsp3) is 0.316. The molecular formula is C19H24N2O2. The van der Waals surface area contributed by atoms with Crippen LogP contribution in [0.2, 0.25) is 0 Å². The Morgan fingerprint density at radius 3 is 2.48 bits per heavy atom. The summed E-state index contributed by atoms with van der Waals surface area (Å²) in [5, 5.41) is 6.03. The van der Waals surface area contributed by atoms with Crippen molar-refractivity contribution in [2.45, 2.75) is 33.4 Å². The maximum Gasteiger partial charge on any atom is 0.239 e. The highest BCUT2D eigenvalue weighted by molar-refractivity contribution is 5.81. The molecule has 0 heterocycles. The highest BCUT2D eigenvalue weighted by Crippen LogP contribution is 2.24. The van der Waals surface area contributed by atoms with Crippen LogP contribution in [0.4, 0.5) is 5.69 Å². The second-order valence-corrected chi connectivity index (χ2v) is 5.78. The van der Waals surface area contributed by atoms with Gasteiger partial charge in [-0.25, -0.2) is 0 Å². The zero-order chi connectivity index (χ0) is 16.7. The van der Waals surface area contributed by atoms with E-state index in [1.165, 1.54) is 5.56 Å². The highest BCUT2D eigenvalue weighted by atomic mass is 16.5. The first-order chi connectivity index (χ1) is 11.0. The Balaban J connectivity index is 1.83. The molecule has 122 valence electrons. The van der Waals surface area contributed by atoms with E-state index in [1.807, 2.05) is 69.3 Å². The molecule has 2 N–H and O–H groups in total.